The van der Waals surface area contributed by atoms with Crippen molar-refractivity contribution < 1.29 is 9.53 Å². The maximum atomic E-state index is 11.5. The number of carbonyl (C=O) groups excluding carboxylic acids is 1. The first-order chi connectivity index (χ1) is 9.19. The Hall–Kier alpha value is -1.31. The molecule has 0 heterocycles. The van der Waals surface area contributed by atoms with Gasteiger partial charge in [-0.05, 0) is 56.9 Å². The van der Waals surface area contributed by atoms with Crippen LogP contribution in [0.3, 0.4) is 0 Å². The van der Waals surface area contributed by atoms with E-state index in [0.717, 1.165) is 25.2 Å². The van der Waals surface area contributed by atoms with Crippen LogP contribution >= 0.6 is 0 Å². The van der Waals surface area contributed by atoms with Gasteiger partial charge in [0.05, 0.1) is 13.0 Å². The Labute approximate surface area is 116 Å². The minimum Gasteiger partial charge on any atom is -0.469 e. The molecule has 0 bridgehead atoms. The molecule has 2 rings (SSSR count). The van der Waals surface area contributed by atoms with E-state index in [2.05, 4.69) is 31.2 Å². The van der Waals surface area contributed by atoms with Gasteiger partial charge in [0.2, 0.25) is 0 Å². The zero-order valence-electron chi connectivity index (χ0n) is 12.0. The molecule has 1 saturated carbocycles. The van der Waals surface area contributed by atoms with Gasteiger partial charge in [-0.2, -0.15) is 0 Å². The highest BCUT2D eigenvalue weighted by Crippen LogP contribution is 2.32. The summed E-state index contributed by atoms with van der Waals surface area (Å²) in [6.07, 6.45) is 6.76. The van der Waals surface area contributed by atoms with Crippen molar-refractivity contribution in [2.45, 2.75) is 45.4 Å². The minimum absolute atomic E-state index is 0.0167. The Morgan fingerprint density at radius 2 is 1.79 bits per heavy atom. The van der Waals surface area contributed by atoms with Crippen molar-refractivity contribution in [2.24, 2.45) is 11.8 Å². The molecule has 0 saturated heterocycles. The molecule has 1 aromatic carbocycles. The topological polar surface area (TPSA) is 26.3 Å². The van der Waals surface area contributed by atoms with Crippen LogP contribution in [0.5, 0.6) is 0 Å². The molecular formula is C17H24O2. The largest absolute Gasteiger partial charge is 0.469 e. The molecule has 2 nitrogen and oxygen atoms in total. The monoisotopic (exact) mass is 260 g/mol. The third-order valence-corrected chi connectivity index (χ3v) is 4.34. The summed E-state index contributed by atoms with van der Waals surface area (Å²) in [5, 5.41) is 0. The Bertz CT molecular complexity index is 400. The second-order valence-corrected chi connectivity index (χ2v) is 5.77. The van der Waals surface area contributed by atoms with Gasteiger partial charge >= 0.3 is 5.97 Å². The lowest BCUT2D eigenvalue weighted by Crippen LogP contribution is -2.23. The number of aryl methyl sites for hydroxylation is 2. The van der Waals surface area contributed by atoms with Gasteiger partial charge in [0.15, 0.2) is 0 Å². The highest BCUT2D eigenvalue weighted by Gasteiger charge is 2.26. The summed E-state index contributed by atoms with van der Waals surface area (Å²) in [5.41, 5.74) is 2.75. The van der Waals surface area contributed by atoms with Gasteiger partial charge in [-0.25, -0.2) is 0 Å². The van der Waals surface area contributed by atoms with Crippen molar-refractivity contribution in [3.05, 3.63) is 35.4 Å². The fourth-order valence-corrected chi connectivity index (χ4v) is 2.98. The number of hydrogen-bond acceptors (Lipinski definition) is 2. The first kappa shape index (κ1) is 14.1. The molecule has 19 heavy (non-hydrogen) atoms. The summed E-state index contributed by atoms with van der Waals surface area (Å²) >= 11 is 0. The Kier molecular flexibility index (Phi) is 5.00. The fourth-order valence-electron chi connectivity index (χ4n) is 2.98. The lowest BCUT2D eigenvalue weighted by atomic mass is 9.79. The summed E-state index contributed by atoms with van der Waals surface area (Å²) in [6.45, 7) is 2.12. The summed E-state index contributed by atoms with van der Waals surface area (Å²) in [5.74, 6) is 0.916. The third-order valence-electron chi connectivity index (χ3n) is 4.34. The molecule has 0 aromatic heterocycles. The minimum atomic E-state index is -0.0167. The number of rotatable bonds is 4. The Balaban J connectivity index is 1.74. The van der Waals surface area contributed by atoms with Crippen LogP contribution in [-0.2, 0) is 16.0 Å². The molecule has 0 aliphatic heterocycles. The van der Waals surface area contributed by atoms with E-state index in [-0.39, 0.29) is 11.9 Å². The molecule has 0 radical (unpaired) electrons. The van der Waals surface area contributed by atoms with E-state index < -0.39 is 0 Å². The van der Waals surface area contributed by atoms with Crippen molar-refractivity contribution in [2.75, 3.05) is 7.11 Å². The van der Waals surface area contributed by atoms with Crippen molar-refractivity contribution in [1.29, 1.82) is 0 Å². The van der Waals surface area contributed by atoms with Crippen molar-refractivity contribution in [3.63, 3.8) is 0 Å². The van der Waals surface area contributed by atoms with Gasteiger partial charge in [-0.15, -0.1) is 0 Å². The first-order valence-electron chi connectivity index (χ1n) is 7.32. The second-order valence-electron chi connectivity index (χ2n) is 5.77. The van der Waals surface area contributed by atoms with E-state index in [1.165, 1.54) is 37.5 Å². The van der Waals surface area contributed by atoms with E-state index in [0.29, 0.717) is 0 Å². The molecule has 0 unspecified atom stereocenters. The normalized spacial score (nSPS) is 23.1. The number of ether oxygens (including phenoxy) is 1. The van der Waals surface area contributed by atoms with Crippen molar-refractivity contribution in [1.82, 2.24) is 0 Å². The molecule has 104 valence electrons. The Morgan fingerprint density at radius 1 is 1.16 bits per heavy atom. The van der Waals surface area contributed by atoms with Gasteiger partial charge in [-0.1, -0.05) is 29.8 Å². The fraction of sp³-hybridized carbons (Fsp3) is 0.588. The zero-order valence-corrected chi connectivity index (χ0v) is 12.0. The number of carbonyl (C=O) groups is 1. The van der Waals surface area contributed by atoms with Crippen molar-refractivity contribution >= 4 is 5.97 Å². The van der Waals surface area contributed by atoms with Gasteiger partial charge < -0.3 is 4.74 Å². The smallest absolute Gasteiger partial charge is 0.308 e. The van der Waals surface area contributed by atoms with Crippen LogP contribution in [0.4, 0.5) is 0 Å². The molecule has 1 aliphatic carbocycles. The maximum Gasteiger partial charge on any atom is 0.308 e. The lowest BCUT2D eigenvalue weighted by molar-refractivity contribution is -0.146. The standard InChI is InChI=1S/C17H24O2/c1-13-3-5-14(6-4-13)7-8-15-9-11-16(12-10-15)17(18)19-2/h3-6,15-16H,7-12H2,1-2H3. The molecule has 0 atom stereocenters. The molecule has 1 aliphatic rings. The molecule has 2 heteroatoms. The van der Waals surface area contributed by atoms with Crippen LogP contribution in [0.1, 0.15) is 43.2 Å². The maximum absolute atomic E-state index is 11.5. The van der Waals surface area contributed by atoms with E-state index in [9.17, 15) is 4.79 Å². The average Bonchev–Trinajstić information content (AvgIpc) is 2.46. The van der Waals surface area contributed by atoms with Crippen LogP contribution in [-0.4, -0.2) is 13.1 Å². The molecule has 0 amide bonds. The number of esters is 1. The van der Waals surface area contributed by atoms with E-state index in [1.54, 1.807) is 0 Å². The highest BCUT2D eigenvalue weighted by molar-refractivity contribution is 5.72. The van der Waals surface area contributed by atoms with Crippen LogP contribution in [0.2, 0.25) is 0 Å². The molecule has 1 aromatic rings. The van der Waals surface area contributed by atoms with Gasteiger partial charge in [0.25, 0.3) is 0 Å². The lowest BCUT2D eigenvalue weighted by Gasteiger charge is -2.26. The second kappa shape index (κ2) is 6.74. The molecule has 0 N–H and O–H groups in total. The van der Waals surface area contributed by atoms with Gasteiger partial charge in [-0.3, -0.25) is 4.79 Å². The predicted molar refractivity (Wildman–Crippen MR) is 77.0 cm³/mol. The average molecular weight is 260 g/mol. The molecule has 1 fully saturated rings. The van der Waals surface area contributed by atoms with E-state index in [1.807, 2.05) is 0 Å². The highest BCUT2D eigenvalue weighted by atomic mass is 16.5. The van der Waals surface area contributed by atoms with E-state index in [4.69, 9.17) is 4.74 Å². The van der Waals surface area contributed by atoms with Crippen LogP contribution in [0, 0.1) is 18.8 Å². The van der Waals surface area contributed by atoms with Crippen LogP contribution in [0.15, 0.2) is 24.3 Å². The molecular weight excluding hydrogens is 236 g/mol. The van der Waals surface area contributed by atoms with E-state index >= 15 is 0 Å². The van der Waals surface area contributed by atoms with Crippen LogP contribution < -0.4 is 0 Å². The summed E-state index contributed by atoms with van der Waals surface area (Å²) < 4.78 is 4.83. The number of hydrogen-bond donors (Lipinski definition) is 0. The summed E-state index contributed by atoms with van der Waals surface area (Å²) in [6, 6.07) is 8.83. The summed E-state index contributed by atoms with van der Waals surface area (Å²) in [4.78, 5) is 11.5. The first-order valence-corrected chi connectivity index (χ1v) is 7.32. The third kappa shape index (κ3) is 4.09. The SMILES string of the molecule is COC(=O)C1CCC(CCc2ccc(C)cc2)CC1. The van der Waals surface area contributed by atoms with Gasteiger partial charge in [0, 0.05) is 0 Å². The predicted octanol–water partition coefficient (Wildman–Crippen LogP) is 3.91. The van der Waals surface area contributed by atoms with Gasteiger partial charge in [0.1, 0.15) is 0 Å². The number of methoxy groups -OCH3 is 1. The Morgan fingerprint density at radius 3 is 2.37 bits per heavy atom. The quantitative estimate of drug-likeness (QED) is 0.767. The number of benzene rings is 1. The van der Waals surface area contributed by atoms with Crippen LogP contribution in [0.25, 0.3) is 0 Å². The van der Waals surface area contributed by atoms with Crippen molar-refractivity contribution in [3.8, 4) is 0 Å². The summed E-state index contributed by atoms with van der Waals surface area (Å²) in [7, 11) is 1.49. The zero-order chi connectivity index (χ0) is 13.7. The molecule has 0 spiro atoms.